The van der Waals surface area contributed by atoms with Crippen molar-refractivity contribution in [3.63, 3.8) is 0 Å². The van der Waals surface area contributed by atoms with Crippen LogP contribution in [0.2, 0.25) is 0 Å². The maximum absolute atomic E-state index is 14.0. The molecule has 1 aromatic carbocycles. The van der Waals surface area contributed by atoms with Crippen molar-refractivity contribution in [2.45, 2.75) is 30.7 Å². The highest BCUT2D eigenvalue weighted by atomic mass is 19.4. The van der Waals surface area contributed by atoms with Crippen LogP contribution in [0.5, 0.6) is 0 Å². The number of carboxylic acid groups (broad SMARTS) is 1. The van der Waals surface area contributed by atoms with Gasteiger partial charge in [0.1, 0.15) is 17.3 Å². The first kappa shape index (κ1) is 26.2. The van der Waals surface area contributed by atoms with Crippen molar-refractivity contribution >= 4 is 11.8 Å². The van der Waals surface area contributed by atoms with Crippen LogP contribution in [0.3, 0.4) is 0 Å². The van der Waals surface area contributed by atoms with Crippen LogP contribution < -0.4 is 10.6 Å². The highest BCUT2D eigenvalue weighted by Gasteiger charge is 2.38. The molecule has 3 N–H and O–H groups in total. The molecule has 33 heavy (non-hydrogen) atoms. The lowest BCUT2D eigenvalue weighted by molar-refractivity contribution is -0.192. The molecule has 0 unspecified atom stereocenters. The topological polar surface area (TPSA) is 79.5 Å². The molecule has 2 heterocycles. The Morgan fingerprint density at radius 1 is 1.03 bits per heavy atom. The van der Waals surface area contributed by atoms with Crippen molar-refractivity contribution < 1.29 is 49.4 Å². The molecule has 5 nitrogen and oxygen atoms in total. The molecule has 1 aliphatic rings. The molecule has 182 valence electrons. The monoisotopic (exact) mass is 489 g/mol. The van der Waals surface area contributed by atoms with Gasteiger partial charge in [0.2, 0.25) is 0 Å². The predicted molar refractivity (Wildman–Crippen MR) is 96.8 cm³/mol. The lowest BCUT2D eigenvalue weighted by atomic mass is 9.85. The van der Waals surface area contributed by atoms with Crippen molar-refractivity contribution in [2.75, 3.05) is 18.0 Å². The molecule has 1 saturated heterocycles. The molecule has 3 rings (SSSR count). The van der Waals surface area contributed by atoms with E-state index in [4.69, 9.17) is 15.6 Å². The smallest absolute Gasteiger partial charge is 0.475 e. The van der Waals surface area contributed by atoms with E-state index in [0.717, 1.165) is 12.1 Å². The van der Waals surface area contributed by atoms with E-state index in [1.807, 2.05) is 0 Å². The normalized spacial score (nSPS) is 19.0. The van der Waals surface area contributed by atoms with Gasteiger partial charge in [0, 0.05) is 31.1 Å². The quantitative estimate of drug-likeness (QED) is 0.481. The molecule has 1 aliphatic heterocycles. The predicted octanol–water partition coefficient (Wildman–Crippen LogP) is 4.47. The fourth-order valence-corrected chi connectivity index (χ4v) is 3.16. The number of pyridine rings is 1. The number of anilines is 1. The summed E-state index contributed by atoms with van der Waals surface area (Å²) >= 11 is 0. The summed E-state index contributed by atoms with van der Waals surface area (Å²) in [5, 5.41) is 7.12. The molecule has 0 radical (unpaired) electrons. The van der Waals surface area contributed by atoms with Crippen molar-refractivity contribution in [1.82, 2.24) is 4.98 Å². The lowest BCUT2D eigenvalue weighted by Crippen LogP contribution is -2.48. The van der Waals surface area contributed by atoms with E-state index in [0.29, 0.717) is 6.07 Å². The van der Waals surface area contributed by atoms with Crippen molar-refractivity contribution in [3.05, 3.63) is 59.0 Å². The first-order valence-electron chi connectivity index (χ1n) is 9.10. The summed E-state index contributed by atoms with van der Waals surface area (Å²) in [4.78, 5) is 14.1. The maximum atomic E-state index is 14.0. The third-order valence-corrected chi connectivity index (χ3v) is 4.69. The van der Waals surface area contributed by atoms with Crippen LogP contribution in [0, 0.1) is 17.5 Å². The highest BCUT2D eigenvalue weighted by Crippen LogP contribution is 2.33. The Balaban J connectivity index is 0.000000479. The van der Waals surface area contributed by atoms with Crippen LogP contribution in [0.25, 0.3) is 0 Å². The number of piperidine rings is 1. The van der Waals surface area contributed by atoms with Crippen molar-refractivity contribution in [2.24, 2.45) is 5.73 Å². The highest BCUT2D eigenvalue weighted by molar-refractivity contribution is 5.73. The number of rotatable bonds is 2. The molecule has 1 fully saturated rings. The number of nitrogens with two attached hydrogens (primary N) is 1. The average molecular weight is 489 g/mol. The van der Waals surface area contributed by atoms with E-state index >= 15 is 0 Å². The molecule has 2 atom stereocenters. The number of aliphatic carboxylic acids is 1. The number of nitrogens with zero attached hydrogens (tertiary/aromatic N) is 2. The molecule has 2 aromatic rings. The van der Waals surface area contributed by atoms with Gasteiger partial charge < -0.3 is 15.7 Å². The van der Waals surface area contributed by atoms with Crippen LogP contribution in [0.15, 0.2) is 30.3 Å². The number of benzene rings is 1. The lowest BCUT2D eigenvalue weighted by Gasteiger charge is -2.37. The summed E-state index contributed by atoms with van der Waals surface area (Å²) in [6.07, 6.45) is -9.38. The van der Waals surface area contributed by atoms with E-state index < -0.39 is 53.4 Å². The number of aromatic nitrogens is 1. The SMILES string of the molecule is N[C@H]1CN(c2cccc(C(F)(F)F)n2)CC[C@@H]1c1cc(F)c(F)cc1F.O=C(O)C(F)(F)F. The third kappa shape index (κ3) is 6.73. The number of carbonyl (C=O) groups is 1. The van der Waals surface area contributed by atoms with Crippen LogP contribution in [-0.4, -0.2) is 41.4 Å². The van der Waals surface area contributed by atoms with Gasteiger partial charge in [-0.3, -0.25) is 0 Å². The van der Waals surface area contributed by atoms with Gasteiger partial charge in [0.15, 0.2) is 11.6 Å². The summed E-state index contributed by atoms with van der Waals surface area (Å²) in [6, 6.07) is 4.12. The molecular weight excluding hydrogens is 473 g/mol. The van der Waals surface area contributed by atoms with Crippen molar-refractivity contribution in [1.29, 1.82) is 0 Å². The Morgan fingerprint density at radius 2 is 1.61 bits per heavy atom. The van der Waals surface area contributed by atoms with Crippen LogP contribution in [-0.2, 0) is 11.0 Å². The molecule has 0 aliphatic carbocycles. The van der Waals surface area contributed by atoms with Gasteiger partial charge in [-0.1, -0.05) is 6.07 Å². The Bertz CT molecular complexity index is 995. The van der Waals surface area contributed by atoms with Crippen LogP contribution in [0.1, 0.15) is 23.6 Å². The van der Waals surface area contributed by atoms with E-state index in [1.54, 1.807) is 4.90 Å². The summed E-state index contributed by atoms with van der Waals surface area (Å²) < 4.78 is 111. The second kappa shape index (κ2) is 9.85. The van der Waals surface area contributed by atoms with Gasteiger partial charge in [-0.15, -0.1) is 0 Å². The standard InChI is InChI=1S/C17H15F6N3.C2HF3O2/c18-11-7-13(20)12(19)6-10(11)9-4-5-26(8-14(9)24)16-3-1-2-15(25-16)17(21,22)23;3-2(4,5)1(6)7/h1-3,6-7,9,14H,4-5,8,24H2;(H,6,7)/t9-,14+;/m1./s1. The maximum Gasteiger partial charge on any atom is 0.490 e. The second-order valence-corrected chi connectivity index (χ2v) is 6.97. The summed E-state index contributed by atoms with van der Waals surface area (Å²) in [5.41, 5.74) is 4.99. The number of halogens is 9. The molecular formula is C19H16F9N3O2. The van der Waals surface area contributed by atoms with Gasteiger partial charge in [-0.05, 0) is 30.2 Å². The van der Waals surface area contributed by atoms with E-state index in [1.165, 1.54) is 12.1 Å². The number of alkyl halides is 6. The van der Waals surface area contributed by atoms with Crippen LogP contribution >= 0.6 is 0 Å². The average Bonchev–Trinajstić information content (AvgIpc) is 2.70. The third-order valence-electron chi connectivity index (χ3n) is 4.69. The fraction of sp³-hybridized carbons (Fsp3) is 0.368. The largest absolute Gasteiger partial charge is 0.490 e. The van der Waals surface area contributed by atoms with Gasteiger partial charge in [0.25, 0.3) is 0 Å². The number of hydrogen-bond acceptors (Lipinski definition) is 4. The fourth-order valence-electron chi connectivity index (χ4n) is 3.16. The summed E-state index contributed by atoms with van der Waals surface area (Å²) in [7, 11) is 0. The van der Waals surface area contributed by atoms with Gasteiger partial charge in [0.05, 0.1) is 0 Å². The molecule has 14 heteroatoms. The van der Waals surface area contributed by atoms with E-state index in [2.05, 4.69) is 4.98 Å². The minimum absolute atomic E-state index is 0.0342. The molecule has 1 aromatic heterocycles. The van der Waals surface area contributed by atoms with Gasteiger partial charge in [-0.25, -0.2) is 22.9 Å². The Kier molecular flexibility index (Phi) is 7.83. The number of carboxylic acids is 1. The Hall–Kier alpha value is -3.03. The van der Waals surface area contributed by atoms with E-state index in [-0.39, 0.29) is 30.9 Å². The van der Waals surface area contributed by atoms with Gasteiger partial charge in [-0.2, -0.15) is 26.3 Å². The second-order valence-electron chi connectivity index (χ2n) is 6.97. The van der Waals surface area contributed by atoms with Crippen molar-refractivity contribution in [3.8, 4) is 0 Å². The van der Waals surface area contributed by atoms with Crippen LogP contribution in [0.4, 0.5) is 45.3 Å². The molecule has 0 saturated carbocycles. The Labute approximate surface area is 180 Å². The minimum Gasteiger partial charge on any atom is -0.475 e. The zero-order valence-electron chi connectivity index (χ0n) is 16.4. The summed E-state index contributed by atoms with van der Waals surface area (Å²) in [5.74, 6) is -6.57. The Morgan fingerprint density at radius 3 is 2.12 bits per heavy atom. The zero-order chi connectivity index (χ0) is 25.1. The molecule has 0 bridgehead atoms. The van der Waals surface area contributed by atoms with Gasteiger partial charge >= 0.3 is 18.3 Å². The number of hydrogen-bond donors (Lipinski definition) is 2. The first-order chi connectivity index (χ1) is 15.1. The minimum atomic E-state index is -5.08. The zero-order valence-corrected chi connectivity index (χ0v) is 16.4. The first-order valence-corrected chi connectivity index (χ1v) is 9.10. The molecule has 0 amide bonds. The molecule has 0 spiro atoms. The summed E-state index contributed by atoms with van der Waals surface area (Å²) in [6.45, 7) is 0.364. The van der Waals surface area contributed by atoms with E-state index in [9.17, 15) is 39.5 Å².